The van der Waals surface area contributed by atoms with E-state index in [4.69, 9.17) is 10.5 Å². The van der Waals surface area contributed by atoms with Gasteiger partial charge < -0.3 is 15.2 Å². The molecular weight excluding hydrogens is 340 g/mol. The number of esters is 1. The molecule has 1 saturated heterocycles. The van der Waals surface area contributed by atoms with Gasteiger partial charge in [0, 0.05) is 11.5 Å². The fourth-order valence-electron chi connectivity index (χ4n) is 1.78. The zero-order chi connectivity index (χ0) is 16.7. The maximum atomic E-state index is 11.4. The third kappa shape index (κ3) is 6.03. The van der Waals surface area contributed by atoms with Crippen molar-refractivity contribution < 1.29 is 23.9 Å². The molecule has 0 bridgehead atoms. The number of hydrogen-bond acceptors (Lipinski definition) is 7. The summed E-state index contributed by atoms with van der Waals surface area (Å²) in [6, 6.07) is 6.53. The van der Waals surface area contributed by atoms with Crippen LogP contribution in [0, 0.1) is 0 Å². The normalized spacial score (nSPS) is 14.3. The minimum Gasteiger partial charge on any atom is -0.482 e. The maximum Gasteiger partial charge on any atom is 0.344 e. The molecule has 3 N–H and O–H groups in total. The molecule has 1 aliphatic heterocycles. The van der Waals surface area contributed by atoms with Crippen LogP contribution in [0.25, 0.3) is 0 Å². The molecule has 0 atom stereocenters. The third-order valence-corrected chi connectivity index (χ3v) is 5.86. The van der Waals surface area contributed by atoms with Crippen molar-refractivity contribution in [3.05, 3.63) is 29.8 Å². The summed E-state index contributed by atoms with van der Waals surface area (Å²) in [6.45, 7) is -0.906. The van der Waals surface area contributed by atoms with E-state index in [0.29, 0.717) is 10.3 Å². The van der Waals surface area contributed by atoms with Gasteiger partial charge in [0.25, 0.3) is 5.91 Å². The van der Waals surface area contributed by atoms with Crippen molar-refractivity contribution in [2.45, 2.75) is 4.58 Å². The Morgan fingerprint density at radius 2 is 1.78 bits per heavy atom. The molecule has 9 heteroatoms. The molecule has 1 heterocycles. The number of thioether (sulfide) groups is 2. The van der Waals surface area contributed by atoms with Gasteiger partial charge in [0.1, 0.15) is 5.75 Å². The topological polar surface area (TPSA) is 108 Å². The Hall–Kier alpha value is -1.87. The second-order valence-corrected chi connectivity index (χ2v) is 7.23. The van der Waals surface area contributed by atoms with E-state index in [1.807, 2.05) is 35.7 Å². The van der Waals surface area contributed by atoms with Crippen molar-refractivity contribution in [3.63, 3.8) is 0 Å². The molecule has 1 aromatic rings. The molecule has 2 rings (SSSR count). The van der Waals surface area contributed by atoms with E-state index in [1.165, 1.54) is 5.56 Å². The van der Waals surface area contributed by atoms with Gasteiger partial charge >= 0.3 is 12.0 Å². The van der Waals surface area contributed by atoms with Crippen molar-refractivity contribution in [1.82, 2.24) is 5.32 Å². The summed E-state index contributed by atoms with van der Waals surface area (Å²) in [5.41, 5.74) is 5.97. The van der Waals surface area contributed by atoms with Crippen LogP contribution in [0.1, 0.15) is 10.1 Å². The second-order valence-electron chi connectivity index (χ2n) is 4.50. The highest BCUT2D eigenvalue weighted by Crippen LogP contribution is 2.45. The fourth-order valence-corrected chi connectivity index (χ4v) is 4.63. The number of ether oxygens (including phenoxy) is 2. The van der Waals surface area contributed by atoms with Gasteiger partial charge in [-0.15, -0.1) is 23.5 Å². The Morgan fingerprint density at radius 3 is 2.39 bits per heavy atom. The van der Waals surface area contributed by atoms with Crippen molar-refractivity contribution in [2.75, 3.05) is 24.7 Å². The number of carbonyl (C=O) groups is 3. The Balaban J connectivity index is 1.71. The first-order valence-corrected chi connectivity index (χ1v) is 8.85. The van der Waals surface area contributed by atoms with E-state index in [0.717, 1.165) is 11.5 Å². The Kier molecular flexibility index (Phi) is 6.60. The van der Waals surface area contributed by atoms with E-state index in [1.54, 1.807) is 17.4 Å². The smallest absolute Gasteiger partial charge is 0.344 e. The largest absolute Gasteiger partial charge is 0.482 e. The molecule has 3 amide bonds. The van der Waals surface area contributed by atoms with E-state index in [9.17, 15) is 14.4 Å². The van der Waals surface area contributed by atoms with Gasteiger partial charge in [-0.1, -0.05) is 12.1 Å². The lowest BCUT2D eigenvalue weighted by molar-refractivity contribution is -0.150. The van der Waals surface area contributed by atoms with E-state index in [-0.39, 0.29) is 6.61 Å². The molecule has 124 valence electrons. The van der Waals surface area contributed by atoms with Crippen LogP contribution in [-0.4, -0.2) is 42.6 Å². The summed E-state index contributed by atoms with van der Waals surface area (Å²) >= 11 is 3.82. The highest BCUT2D eigenvalue weighted by Gasteiger charge is 2.18. The maximum absolute atomic E-state index is 11.4. The lowest BCUT2D eigenvalue weighted by atomic mass is 10.2. The lowest BCUT2D eigenvalue weighted by Gasteiger charge is -2.10. The summed E-state index contributed by atoms with van der Waals surface area (Å²) in [7, 11) is 0. The standard InChI is InChI=1S/C14H16N2O5S2/c15-14(19)16-11(17)7-21-12(18)8-20-10-3-1-9(2-4-10)13-22-5-6-23-13/h1-4,13H,5-8H2,(H3,15,16,17,19). The average molecular weight is 356 g/mol. The molecule has 0 radical (unpaired) electrons. The van der Waals surface area contributed by atoms with Crippen molar-refractivity contribution in [1.29, 1.82) is 0 Å². The molecule has 1 aromatic carbocycles. The number of nitrogens with one attached hydrogen (secondary N) is 1. The van der Waals surface area contributed by atoms with Crippen LogP contribution in [-0.2, 0) is 14.3 Å². The molecule has 0 saturated carbocycles. The van der Waals surface area contributed by atoms with Gasteiger partial charge in [-0.3, -0.25) is 10.1 Å². The van der Waals surface area contributed by atoms with Crippen molar-refractivity contribution >= 4 is 41.4 Å². The van der Waals surface area contributed by atoms with Gasteiger partial charge in [-0.2, -0.15) is 0 Å². The predicted molar refractivity (Wildman–Crippen MR) is 88.3 cm³/mol. The number of urea groups is 1. The number of primary amides is 1. The Labute approximate surface area is 141 Å². The molecule has 1 fully saturated rings. The van der Waals surface area contributed by atoms with E-state index in [2.05, 4.69) is 4.74 Å². The molecule has 0 aromatic heterocycles. The number of hydrogen-bond donors (Lipinski definition) is 2. The third-order valence-electron chi connectivity index (χ3n) is 2.76. The molecular formula is C14H16N2O5S2. The Bertz CT molecular complexity index is 573. The van der Waals surface area contributed by atoms with Crippen LogP contribution in [0.15, 0.2) is 24.3 Å². The number of carbonyl (C=O) groups excluding carboxylic acids is 3. The number of rotatable bonds is 6. The second kappa shape index (κ2) is 8.68. The quantitative estimate of drug-likeness (QED) is 0.739. The van der Waals surface area contributed by atoms with Crippen molar-refractivity contribution in [2.24, 2.45) is 5.73 Å². The van der Waals surface area contributed by atoms with Crippen LogP contribution in [0.2, 0.25) is 0 Å². The van der Waals surface area contributed by atoms with Crippen LogP contribution in [0.3, 0.4) is 0 Å². The van der Waals surface area contributed by atoms with E-state index < -0.39 is 24.5 Å². The van der Waals surface area contributed by atoms with Crippen LogP contribution >= 0.6 is 23.5 Å². The van der Waals surface area contributed by atoms with Gasteiger partial charge in [0.15, 0.2) is 13.2 Å². The zero-order valence-electron chi connectivity index (χ0n) is 12.2. The number of amides is 3. The molecule has 0 spiro atoms. The molecule has 1 aliphatic rings. The zero-order valence-corrected chi connectivity index (χ0v) is 13.8. The van der Waals surface area contributed by atoms with Gasteiger partial charge in [0.05, 0.1) is 4.58 Å². The lowest BCUT2D eigenvalue weighted by Crippen LogP contribution is -2.38. The predicted octanol–water partition coefficient (Wildman–Crippen LogP) is 1.28. The summed E-state index contributed by atoms with van der Waals surface area (Å²) in [5.74, 6) is 1.35. The van der Waals surface area contributed by atoms with Gasteiger partial charge in [-0.05, 0) is 17.7 Å². The highest BCUT2D eigenvalue weighted by atomic mass is 32.2. The minimum absolute atomic E-state index is 0.323. The van der Waals surface area contributed by atoms with Crippen LogP contribution in [0.4, 0.5) is 4.79 Å². The van der Waals surface area contributed by atoms with Crippen LogP contribution in [0.5, 0.6) is 5.75 Å². The SMILES string of the molecule is NC(=O)NC(=O)COC(=O)COc1ccc(C2SCCS2)cc1. The molecule has 23 heavy (non-hydrogen) atoms. The molecule has 7 nitrogen and oxygen atoms in total. The number of nitrogens with two attached hydrogens (primary N) is 1. The summed E-state index contributed by atoms with van der Waals surface area (Å²) in [6.07, 6.45) is 0. The summed E-state index contributed by atoms with van der Waals surface area (Å²) < 4.78 is 10.4. The summed E-state index contributed by atoms with van der Waals surface area (Å²) in [4.78, 5) is 32.9. The van der Waals surface area contributed by atoms with Crippen molar-refractivity contribution in [3.8, 4) is 5.75 Å². The average Bonchev–Trinajstić information content (AvgIpc) is 3.05. The fraction of sp³-hybridized carbons (Fsp3) is 0.357. The number of benzene rings is 1. The van der Waals surface area contributed by atoms with Gasteiger partial charge in [-0.25, -0.2) is 9.59 Å². The first kappa shape index (κ1) is 17.5. The van der Waals surface area contributed by atoms with E-state index >= 15 is 0 Å². The molecule has 0 unspecified atom stereocenters. The number of imide groups is 1. The first-order valence-electron chi connectivity index (χ1n) is 6.75. The minimum atomic E-state index is -0.999. The Morgan fingerprint density at radius 1 is 1.13 bits per heavy atom. The first-order chi connectivity index (χ1) is 11.0. The summed E-state index contributed by atoms with van der Waals surface area (Å²) in [5, 5.41) is 1.78. The monoisotopic (exact) mass is 356 g/mol. The highest BCUT2D eigenvalue weighted by molar-refractivity contribution is 8.19. The van der Waals surface area contributed by atoms with Crippen LogP contribution < -0.4 is 15.8 Å². The van der Waals surface area contributed by atoms with Gasteiger partial charge in [0.2, 0.25) is 0 Å². The molecule has 0 aliphatic carbocycles.